The number of hydrogen-bond donors (Lipinski definition) is 9. The van der Waals surface area contributed by atoms with Gasteiger partial charge >= 0.3 is 0 Å². The lowest BCUT2D eigenvalue weighted by atomic mass is 9.84. The van der Waals surface area contributed by atoms with E-state index in [1.54, 1.807) is 0 Å². The Balaban J connectivity index is 1.67. The molecule has 13 atom stereocenters. The van der Waals surface area contributed by atoms with Crippen LogP contribution >= 0.6 is 0 Å². The highest BCUT2D eigenvalue weighted by atomic mass is 16.7. The molecule has 0 bridgehead atoms. The van der Waals surface area contributed by atoms with E-state index in [9.17, 15) is 30.6 Å². The third-order valence-corrected chi connectivity index (χ3v) is 6.23. The van der Waals surface area contributed by atoms with Gasteiger partial charge in [0.2, 0.25) is 0 Å². The average molecular weight is 453 g/mol. The van der Waals surface area contributed by atoms with E-state index in [2.05, 4.69) is 0 Å². The molecule has 2 saturated heterocycles. The highest BCUT2D eigenvalue weighted by Gasteiger charge is 2.49. The Kier molecular flexibility index (Phi) is 8.59. The van der Waals surface area contributed by atoms with Gasteiger partial charge in [0.25, 0.3) is 0 Å². The number of rotatable bonds is 6. The molecule has 0 aromatic rings. The van der Waals surface area contributed by atoms with E-state index >= 15 is 0 Å². The molecule has 0 aromatic heterocycles. The molecule has 3 aliphatic rings. The van der Waals surface area contributed by atoms with Crippen LogP contribution in [0.3, 0.4) is 0 Å². The molecule has 1 saturated carbocycles. The van der Waals surface area contributed by atoms with Gasteiger partial charge in [-0.1, -0.05) is 0 Å². The molecule has 0 radical (unpaired) electrons. The molecule has 2 aliphatic heterocycles. The summed E-state index contributed by atoms with van der Waals surface area (Å²) >= 11 is 0. The highest BCUT2D eigenvalue weighted by molar-refractivity contribution is 5.00. The molecule has 0 unspecified atom stereocenters. The normalized spacial score (nSPS) is 51.6. The van der Waals surface area contributed by atoms with Crippen molar-refractivity contribution in [1.29, 1.82) is 0 Å². The van der Waals surface area contributed by atoms with E-state index in [1.165, 1.54) is 0 Å². The van der Waals surface area contributed by atoms with Crippen LogP contribution in [0.1, 0.15) is 19.3 Å². The minimum absolute atomic E-state index is 0.214. The van der Waals surface area contributed by atoms with Crippen molar-refractivity contribution in [2.24, 2.45) is 17.2 Å². The third-order valence-electron chi connectivity index (χ3n) is 6.23. The van der Waals surface area contributed by atoms with E-state index in [4.69, 9.17) is 36.1 Å². The van der Waals surface area contributed by atoms with Crippen molar-refractivity contribution in [3.63, 3.8) is 0 Å². The van der Waals surface area contributed by atoms with E-state index in [0.717, 1.165) is 0 Å². The molecule has 1 aliphatic carbocycles. The molecular formula is C18H35N3O10. The molecule has 0 amide bonds. The second kappa shape index (κ2) is 10.6. The van der Waals surface area contributed by atoms with Crippen molar-refractivity contribution >= 4 is 0 Å². The highest BCUT2D eigenvalue weighted by Crippen LogP contribution is 2.30. The van der Waals surface area contributed by atoms with Gasteiger partial charge in [0.15, 0.2) is 12.6 Å². The van der Waals surface area contributed by atoms with Crippen molar-refractivity contribution in [2.75, 3.05) is 13.2 Å². The Hall–Kier alpha value is -0.520. The van der Waals surface area contributed by atoms with Gasteiger partial charge in [-0.05, 0) is 12.8 Å². The first-order valence-electron chi connectivity index (χ1n) is 10.5. The lowest BCUT2D eigenvalue weighted by molar-refractivity contribution is -0.314. The van der Waals surface area contributed by atoms with Crippen molar-refractivity contribution < 1.29 is 49.6 Å². The monoisotopic (exact) mass is 453 g/mol. The van der Waals surface area contributed by atoms with Gasteiger partial charge < -0.3 is 66.8 Å². The van der Waals surface area contributed by atoms with E-state index in [1.807, 2.05) is 0 Å². The summed E-state index contributed by atoms with van der Waals surface area (Å²) in [4.78, 5) is 0. The molecule has 31 heavy (non-hydrogen) atoms. The van der Waals surface area contributed by atoms with Crippen LogP contribution in [0.4, 0.5) is 0 Å². The molecule has 13 nitrogen and oxygen atoms in total. The number of aliphatic hydroxyl groups is 6. The second-order valence-corrected chi connectivity index (χ2v) is 8.47. The Morgan fingerprint density at radius 2 is 1.35 bits per heavy atom. The Bertz CT molecular complexity index is 575. The minimum atomic E-state index is -1.43. The molecule has 2 heterocycles. The van der Waals surface area contributed by atoms with Gasteiger partial charge in [0.1, 0.15) is 42.7 Å². The van der Waals surface area contributed by atoms with Crippen molar-refractivity contribution in [3.8, 4) is 0 Å². The lowest BCUT2D eigenvalue weighted by Gasteiger charge is -2.47. The van der Waals surface area contributed by atoms with Crippen molar-refractivity contribution in [3.05, 3.63) is 0 Å². The maximum atomic E-state index is 10.9. The first-order chi connectivity index (χ1) is 14.7. The van der Waals surface area contributed by atoms with Crippen LogP contribution in [0.15, 0.2) is 0 Å². The Morgan fingerprint density at radius 1 is 0.742 bits per heavy atom. The standard InChI is InChI=1S/C18H35N3O10/c19-6-3-7(20)17(31-18-14(26)12(21)13(25)10(5-23)29-18)15(27)16(6)30-11-2-1-8(24)9(4-22)28-11/h6-18,22-27H,1-5,19-21H2/t6-,7+,8-,9+,10+,11+,12-,13+,14+,15-,16+,17-,18+/m0/s1. The van der Waals surface area contributed by atoms with Gasteiger partial charge in [-0.2, -0.15) is 0 Å². The predicted molar refractivity (Wildman–Crippen MR) is 103 cm³/mol. The van der Waals surface area contributed by atoms with Crippen LogP contribution < -0.4 is 17.2 Å². The van der Waals surface area contributed by atoms with E-state index in [-0.39, 0.29) is 13.0 Å². The van der Waals surface area contributed by atoms with Crippen LogP contribution in [-0.4, -0.2) is 123 Å². The fourth-order valence-corrected chi connectivity index (χ4v) is 4.31. The Morgan fingerprint density at radius 3 is 1.97 bits per heavy atom. The maximum absolute atomic E-state index is 10.9. The molecule has 12 N–H and O–H groups in total. The zero-order valence-corrected chi connectivity index (χ0v) is 17.1. The number of nitrogens with two attached hydrogens (primary N) is 3. The van der Waals surface area contributed by atoms with E-state index < -0.39 is 86.1 Å². The summed E-state index contributed by atoms with van der Waals surface area (Å²) in [5, 5.41) is 59.7. The van der Waals surface area contributed by atoms with Crippen LogP contribution in [-0.2, 0) is 18.9 Å². The van der Waals surface area contributed by atoms with Crippen molar-refractivity contribution in [2.45, 2.75) is 98.8 Å². The summed E-state index contributed by atoms with van der Waals surface area (Å²) in [5.74, 6) is 0. The molecule has 182 valence electrons. The van der Waals surface area contributed by atoms with Crippen LogP contribution in [0.5, 0.6) is 0 Å². The fourth-order valence-electron chi connectivity index (χ4n) is 4.31. The lowest BCUT2D eigenvalue weighted by Crippen LogP contribution is -2.67. The fraction of sp³-hybridized carbons (Fsp3) is 1.00. The largest absolute Gasteiger partial charge is 0.394 e. The van der Waals surface area contributed by atoms with Gasteiger partial charge in [0.05, 0.1) is 25.4 Å². The summed E-state index contributed by atoms with van der Waals surface area (Å²) in [7, 11) is 0. The van der Waals surface area contributed by atoms with Crippen LogP contribution in [0, 0.1) is 0 Å². The number of ether oxygens (including phenoxy) is 4. The Labute approximate surface area is 179 Å². The summed E-state index contributed by atoms with van der Waals surface area (Å²) in [6, 6.07) is -2.52. The molecule has 3 fully saturated rings. The topological polar surface area (TPSA) is 236 Å². The van der Waals surface area contributed by atoms with E-state index in [0.29, 0.717) is 12.8 Å². The number of aliphatic hydroxyl groups excluding tert-OH is 6. The van der Waals surface area contributed by atoms with Gasteiger partial charge in [-0.3, -0.25) is 0 Å². The average Bonchev–Trinajstić information content (AvgIpc) is 2.75. The van der Waals surface area contributed by atoms with Gasteiger partial charge in [-0.25, -0.2) is 0 Å². The SMILES string of the molecule is N[C@@H]1[C@@H](O)[C@@H](O[C@@H]2[C@@H](O)[C@H](O[C@@H]3CC[C@H](O)[C@@H](CO)O3)[C@@H](N)C[C@H]2N)O[C@H](CO)[C@H]1O. The molecular weight excluding hydrogens is 418 g/mol. The minimum Gasteiger partial charge on any atom is -0.394 e. The molecule has 13 heteroatoms. The third kappa shape index (κ3) is 5.35. The number of hydrogen-bond acceptors (Lipinski definition) is 13. The van der Waals surface area contributed by atoms with Crippen molar-refractivity contribution in [1.82, 2.24) is 0 Å². The maximum Gasteiger partial charge on any atom is 0.186 e. The first kappa shape index (κ1) is 25.1. The van der Waals surface area contributed by atoms with Gasteiger partial charge in [-0.15, -0.1) is 0 Å². The first-order valence-corrected chi connectivity index (χ1v) is 10.5. The molecule has 3 rings (SSSR count). The smallest absolute Gasteiger partial charge is 0.186 e. The second-order valence-electron chi connectivity index (χ2n) is 8.47. The summed E-state index contributed by atoms with van der Waals surface area (Å²) < 4.78 is 22.5. The summed E-state index contributed by atoms with van der Waals surface area (Å²) in [6.07, 6.45) is -10.0. The predicted octanol–water partition coefficient (Wildman–Crippen LogP) is -5.20. The zero-order valence-electron chi connectivity index (χ0n) is 17.1. The summed E-state index contributed by atoms with van der Waals surface area (Å²) in [6.45, 7) is -0.930. The molecule has 0 aromatic carbocycles. The molecule has 0 spiro atoms. The van der Waals surface area contributed by atoms with Crippen LogP contribution in [0.2, 0.25) is 0 Å². The summed E-state index contributed by atoms with van der Waals surface area (Å²) in [5.41, 5.74) is 18.1. The zero-order chi connectivity index (χ0) is 22.9. The van der Waals surface area contributed by atoms with Crippen LogP contribution in [0.25, 0.3) is 0 Å². The quantitative estimate of drug-likeness (QED) is 0.183. The van der Waals surface area contributed by atoms with Gasteiger partial charge in [0, 0.05) is 18.5 Å².